The number of hydrogen-bond acceptors (Lipinski definition) is 1. The van der Waals surface area contributed by atoms with Gasteiger partial charge in [-0.05, 0) is 22.9 Å². The maximum absolute atomic E-state index is 6.09. The Balaban J connectivity index is 2.34. The SMILES string of the molecule is C=c1cc(Cc2ccccc2Cl)sc1=C. The van der Waals surface area contributed by atoms with Crippen LogP contribution in [-0.4, -0.2) is 0 Å². The number of benzene rings is 1. The molecule has 0 fully saturated rings. The highest BCUT2D eigenvalue weighted by Gasteiger charge is 2.02. The van der Waals surface area contributed by atoms with Gasteiger partial charge in [-0.2, -0.15) is 0 Å². The molecule has 1 heterocycles. The Labute approximate surface area is 98.1 Å². The predicted molar refractivity (Wildman–Crippen MR) is 68.9 cm³/mol. The summed E-state index contributed by atoms with van der Waals surface area (Å²) in [5.41, 5.74) is 1.15. The summed E-state index contributed by atoms with van der Waals surface area (Å²) < 4.78 is 1.04. The molecule has 0 atom stereocenters. The predicted octanol–water partition coefficient (Wildman–Crippen LogP) is 2.81. The molecule has 0 spiro atoms. The van der Waals surface area contributed by atoms with Gasteiger partial charge in [0.1, 0.15) is 0 Å². The van der Waals surface area contributed by atoms with Crippen molar-refractivity contribution in [2.45, 2.75) is 6.42 Å². The van der Waals surface area contributed by atoms with E-state index in [-0.39, 0.29) is 0 Å². The molecule has 0 aliphatic heterocycles. The Hall–Kier alpha value is -1.05. The second kappa shape index (κ2) is 4.21. The van der Waals surface area contributed by atoms with Crippen LogP contribution in [0.3, 0.4) is 0 Å². The normalized spacial score (nSPS) is 10.5. The van der Waals surface area contributed by atoms with Crippen molar-refractivity contribution in [3.63, 3.8) is 0 Å². The van der Waals surface area contributed by atoms with E-state index in [4.69, 9.17) is 11.6 Å². The molecule has 2 heteroatoms. The fourth-order valence-corrected chi connectivity index (χ4v) is 2.58. The molecule has 1 aromatic heterocycles. The summed E-state index contributed by atoms with van der Waals surface area (Å²) in [6, 6.07) is 10.00. The number of rotatable bonds is 2. The average Bonchev–Trinajstić information content (AvgIpc) is 2.50. The average molecular weight is 235 g/mol. The Kier molecular flexibility index (Phi) is 2.94. The van der Waals surface area contributed by atoms with E-state index in [9.17, 15) is 0 Å². The van der Waals surface area contributed by atoms with Crippen LogP contribution in [0.25, 0.3) is 13.2 Å². The molecule has 0 aliphatic carbocycles. The second-order valence-electron chi connectivity index (χ2n) is 3.43. The van der Waals surface area contributed by atoms with Gasteiger partial charge in [-0.25, -0.2) is 0 Å². The zero-order valence-electron chi connectivity index (χ0n) is 8.29. The van der Waals surface area contributed by atoms with E-state index >= 15 is 0 Å². The molecule has 2 aromatic rings. The Morgan fingerprint density at radius 2 is 1.93 bits per heavy atom. The van der Waals surface area contributed by atoms with Gasteiger partial charge in [-0.1, -0.05) is 43.0 Å². The lowest BCUT2D eigenvalue weighted by Crippen LogP contribution is -2.11. The van der Waals surface area contributed by atoms with Crippen molar-refractivity contribution >= 4 is 36.1 Å². The van der Waals surface area contributed by atoms with E-state index in [2.05, 4.69) is 19.2 Å². The largest absolute Gasteiger partial charge is 0.141 e. The molecular weight excluding hydrogens is 224 g/mol. The lowest BCUT2D eigenvalue weighted by molar-refractivity contribution is 1.24. The van der Waals surface area contributed by atoms with Crippen molar-refractivity contribution in [3.8, 4) is 0 Å². The van der Waals surface area contributed by atoms with Crippen LogP contribution in [-0.2, 0) is 6.42 Å². The van der Waals surface area contributed by atoms with Crippen LogP contribution in [0.4, 0.5) is 0 Å². The molecule has 0 saturated heterocycles. The van der Waals surface area contributed by atoms with Gasteiger partial charge in [-0.15, -0.1) is 11.3 Å². The van der Waals surface area contributed by atoms with E-state index < -0.39 is 0 Å². The standard InChI is InChI=1S/C13H11ClS/c1-9-7-12(15-10(9)2)8-11-5-3-4-6-13(11)14/h3-7H,1-2,8H2. The van der Waals surface area contributed by atoms with Crippen molar-refractivity contribution in [3.05, 3.63) is 55.5 Å². The van der Waals surface area contributed by atoms with Crippen LogP contribution in [0.1, 0.15) is 10.4 Å². The summed E-state index contributed by atoms with van der Waals surface area (Å²) in [6.45, 7) is 7.85. The highest BCUT2D eigenvalue weighted by molar-refractivity contribution is 7.09. The minimum absolute atomic E-state index is 0.821. The number of halogens is 1. The zero-order chi connectivity index (χ0) is 10.8. The molecule has 0 nitrogen and oxygen atoms in total. The molecule has 15 heavy (non-hydrogen) atoms. The number of hydrogen-bond donors (Lipinski definition) is 0. The van der Waals surface area contributed by atoms with Gasteiger partial charge in [0, 0.05) is 20.9 Å². The molecule has 0 radical (unpaired) electrons. The third kappa shape index (κ3) is 2.31. The first-order chi connectivity index (χ1) is 7.16. The van der Waals surface area contributed by atoms with Crippen molar-refractivity contribution in [2.75, 3.05) is 0 Å². The van der Waals surface area contributed by atoms with Crippen molar-refractivity contribution in [1.29, 1.82) is 0 Å². The summed E-state index contributed by atoms with van der Waals surface area (Å²) in [7, 11) is 0. The summed E-state index contributed by atoms with van der Waals surface area (Å²) in [5.74, 6) is 0. The van der Waals surface area contributed by atoms with Crippen molar-refractivity contribution in [1.82, 2.24) is 0 Å². The van der Waals surface area contributed by atoms with Crippen LogP contribution in [0, 0.1) is 0 Å². The molecule has 76 valence electrons. The van der Waals surface area contributed by atoms with E-state index in [1.807, 2.05) is 24.3 Å². The van der Waals surface area contributed by atoms with Crippen molar-refractivity contribution in [2.24, 2.45) is 0 Å². The Bertz CT molecular complexity index is 541. The van der Waals surface area contributed by atoms with Crippen molar-refractivity contribution < 1.29 is 0 Å². The monoisotopic (exact) mass is 234 g/mol. The lowest BCUT2D eigenvalue weighted by Gasteiger charge is -2.00. The third-order valence-electron chi connectivity index (χ3n) is 2.27. The molecule has 0 aliphatic rings. The summed E-state index contributed by atoms with van der Waals surface area (Å²) in [5, 5.41) is 1.84. The maximum atomic E-state index is 6.09. The Morgan fingerprint density at radius 3 is 2.53 bits per heavy atom. The van der Waals surface area contributed by atoms with Crippen LogP contribution in [0.2, 0.25) is 5.02 Å². The molecule has 0 amide bonds. The van der Waals surface area contributed by atoms with Crippen LogP contribution < -0.4 is 9.75 Å². The van der Waals surface area contributed by atoms with E-state index in [1.54, 1.807) is 11.3 Å². The first kappa shape index (κ1) is 10.5. The van der Waals surface area contributed by atoms with Crippen LogP contribution in [0.15, 0.2) is 30.3 Å². The smallest absolute Gasteiger partial charge is 0.0441 e. The minimum atomic E-state index is 0.821. The highest BCUT2D eigenvalue weighted by atomic mass is 35.5. The number of thiophene rings is 1. The summed E-state index contributed by atoms with van der Waals surface area (Å²) in [4.78, 5) is 1.26. The van der Waals surface area contributed by atoms with Gasteiger partial charge in [0.25, 0.3) is 0 Å². The first-order valence-electron chi connectivity index (χ1n) is 4.67. The van der Waals surface area contributed by atoms with Crippen LogP contribution >= 0.6 is 22.9 Å². The molecule has 2 rings (SSSR count). The van der Waals surface area contributed by atoms with Gasteiger partial charge < -0.3 is 0 Å². The van der Waals surface area contributed by atoms with Gasteiger partial charge in [0.15, 0.2) is 0 Å². The van der Waals surface area contributed by atoms with E-state index in [0.717, 1.165) is 26.8 Å². The van der Waals surface area contributed by atoms with E-state index in [0.29, 0.717) is 0 Å². The van der Waals surface area contributed by atoms with Gasteiger partial charge in [-0.3, -0.25) is 0 Å². The molecule has 0 bridgehead atoms. The molecular formula is C13H11ClS. The molecule has 0 unspecified atom stereocenters. The first-order valence-corrected chi connectivity index (χ1v) is 5.86. The fraction of sp³-hybridized carbons (Fsp3) is 0.0769. The minimum Gasteiger partial charge on any atom is -0.141 e. The topological polar surface area (TPSA) is 0 Å². The van der Waals surface area contributed by atoms with E-state index in [1.165, 1.54) is 4.88 Å². The van der Waals surface area contributed by atoms with Gasteiger partial charge in [0.2, 0.25) is 0 Å². The lowest BCUT2D eigenvalue weighted by atomic mass is 10.1. The third-order valence-corrected chi connectivity index (χ3v) is 3.67. The molecule has 0 saturated carbocycles. The van der Waals surface area contributed by atoms with Gasteiger partial charge >= 0.3 is 0 Å². The summed E-state index contributed by atoms with van der Waals surface area (Å²) >= 11 is 7.78. The quantitative estimate of drug-likeness (QED) is 0.750. The highest BCUT2D eigenvalue weighted by Crippen LogP contribution is 2.19. The maximum Gasteiger partial charge on any atom is 0.0441 e. The fourth-order valence-electron chi connectivity index (χ4n) is 1.44. The van der Waals surface area contributed by atoms with Gasteiger partial charge in [0.05, 0.1) is 0 Å². The Morgan fingerprint density at radius 1 is 1.20 bits per heavy atom. The zero-order valence-corrected chi connectivity index (χ0v) is 9.87. The molecule has 0 N–H and O–H groups in total. The van der Waals surface area contributed by atoms with Crippen LogP contribution in [0.5, 0.6) is 0 Å². The second-order valence-corrected chi connectivity index (χ2v) is 5.06. The summed E-state index contributed by atoms with van der Waals surface area (Å²) in [6.07, 6.45) is 0.863. The molecule has 1 aromatic carbocycles.